The van der Waals surface area contributed by atoms with Gasteiger partial charge >= 0.3 is 5.97 Å². The minimum absolute atomic E-state index is 0.105. The zero-order chi connectivity index (χ0) is 21.0. The molecule has 3 amide bonds. The van der Waals surface area contributed by atoms with Gasteiger partial charge in [-0.1, -0.05) is 30.3 Å². The fourth-order valence-electron chi connectivity index (χ4n) is 2.62. The fourth-order valence-corrected chi connectivity index (χ4v) is 3.48. The quantitative estimate of drug-likeness (QED) is 0.492. The number of aromatic hydroxyl groups is 1. The highest BCUT2D eigenvalue weighted by molar-refractivity contribution is 8.18. The predicted octanol–water partition coefficient (Wildman–Crippen LogP) is 3.16. The van der Waals surface area contributed by atoms with E-state index in [1.165, 1.54) is 6.07 Å². The molecule has 0 spiro atoms. The van der Waals surface area contributed by atoms with Crippen molar-refractivity contribution in [1.29, 1.82) is 0 Å². The first-order valence-corrected chi connectivity index (χ1v) is 9.33. The molecule has 0 saturated carbocycles. The van der Waals surface area contributed by atoms with Crippen LogP contribution in [0.4, 0.5) is 10.5 Å². The van der Waals surface area contributed by atoms with E-state index >= 15 is 0 Å². The number of carboxylic acids is 1. The van der Waals surface area contributed by atoms with Crippen LogP contribution in [0.15, 0.2) is 53.4 Å². The van der Waals surface area contributed by atoms with E-state index in [2.05, 4.69) is 5.32 Å². The Kier molecular flexibility index (Phi) is 5.99. The molecule has 1 heterocycles. The monoisotopic (exact) mass is 412 g/mol. The lowest BCUT2D eigenvalue weighted by molar-refractivity contribution is -0.123. The molecule has 0 bridgehead atoms. The molecule has 29 heavy (non-hydrogen) atoms. The van der Waals surface area contributed by atoms with Crippen molar-refractivity contribution >= 4 is 46.5 Å². The minimum Gasteiger partial charge on any atom is -0.507 e. The van der Waals surface area contributed by atoms with Crippen LogP contribution in [0.25, 0.3) is 6.08 Å². The maximum absolute atomic E-state index is 12.4. The fraction of sp³-hybridized carbons (Fsp3) is 0.100. The third kappa shape index (κ3) is 4.82. The Balaban J connectivity index is 1.61. The molecule has 1 aliphatic heterocycles. The van der Waals surface area contributed by atoms with E-state index in [4.69, 9.17) is 5.11 Å². The highest BCUT2D eigenvalue weighted by Gasteiger charge is 2.35. The van der Waals surface area contributed by atoms with Crippen LogP contribution in [0.1, 0.15) is 22.3 Å². The highest BCUT2D eigenvalue weighted by Crippen LogP contribution is 2.32. The van der Waals surface area contributed by atoms with Gasteiger partial charge in [-0.05, 0) is 41.6 Å². The number of rotatable bonds is 6. The number of imide groups is 1. The van der Waals surface area contributed by atoms with Crippen LogP contribution in [0, 0.1) is 0 Å². The summed E-state index contributed by atoms with van der Waals surface area (Å²) in [4.78, 5) is 49.0. The van der Waals surface area contributed by atoms with Crippen molar-refractivity contribution in [3.8, 4) is 5.75 Å². The summed E-state index contributed by atoms with van der Waals surface area (Å²) >= 11 is 0.813. The second-order valence-electron chi connectivity index (χ2n) is 6.08. The summed E-state index contributed by atoms with van der Waals surface area (Å²) in [6.07, 6.45) is 1.47. The van der Waals surface area contributed by atoms with Crippen molar-refractivity contribution in [3.05, 3.63) is 64.6 Å². The van der Waals surface area contributed by atoms with Gasteiger partial charge in [0.2, 0.25) is 5.91 Å². The first-order valence-electron chi connectivity index (χ1n) is 8.52. The van der Waals surface area contributed by atoms with Gasteiger partial charge < -0.3 is 15.5 Å². The maximum atomic E-state index is 12.4. The number of hydrogen-bond donors (Lipinski definition) is 3. The van der Waals surface area contributed by atoms with E-state index in [-0.39, 0.29) is 29.1 Å². The van der Waals surface area contributed by atoms with Gasteiger partial charge in [-0.3, -0.25) is 19.3 Å². The largest absolute Gasteiger partial charge is 0.507 e. The third-order valence-corrected chi connectivity index (χ3v) is 4.95. The van der Waals surface area contributed by atoms with Crippen molar-refractivity contribution in [2.45, 2.75) is 6.42 Å². The van der Waals surface area contributed by atoms with Crippen LogP contribution in [-0.4, -0.2) is 44.7 Å². The number of thioether (sulfide) groups is 1. The number of nitrogens with zero attached hydrogens (tertiary/aromatic N) is 1. The summed E-state index contributed by atoms with van der Waals surface area (Å²) in [5.41, 5.74) is 0.625. The molecule has 3 rings (SSSR count). The van der Waals surface area contributed by atoms with Gasteiger partial charge in [0.1, 0.15) is 11.3 Å². The number of hydrogen-bond acceptors (Lipinski definition) is 6. The van der Waals surface area contributed by atoms with Gasteiger partial charge in [0.05, 0.1) is 4.91 Å². The normalized spacial score (nSPS) is 15.0. The van der Waals surface area contributed by atoms with Gasteiger partial charge in [0.25, 0.3) is 11.1 Å². The van der Waals surface area contributed by atoms with Crippen LogP contribution < -0.4 is 5.32 Å². The first kappa shape index (κ1) is 20.2. The number of carbonyl (C=O) groups is 4. The minimum atomic E-state index is -1.33. The molecule has 0 radical (unpaired) electrons. The Bertz CT molecular complexity index is 1020. The SMILES string of the molecule is O=C(CCN1C(=O)SC(=Cc2ccccc2)C1=O)Nc1ccc(O)c(C(=O)O)c1. The van der Waals surface area contributed by atoms with E-state index in [9.17, 15) is 24.3 Å². The smallest absolute Gasteiger partial charge is 0.339 e. The number of aromatic carboxylic acids is 1. The average Bonchev–Trinajstić information content (AvgIpc) is 2.95. The average molecular weight is 412 g/mol. The van der Waals surface area contributed by atoms with Gasteiger partial charge in [0.15, 0.2) is 0 Å². The van der Waals surface area contributed by atoms with Crippen LogP contribution in [-0.2, 0) is 9.59 Å². The van der Waals surface area contributed by atoms with Gasteiger partial charge in [-0.2, -0.15) is 0 Å². The number of anilines is 1. The van der Waals surface area contributed by atoms with Crippen LogP contribution >= 0.6 is 11.8 Å². The third-order valence-electron chi connectivity index (χ3n) is 4.04. The van der Waals surface area contributed by atoms with Crippen molar-refractivity contribution in [2.24, 2.45) is 0 Å². The van der Waals surface area contributed by atoms with E-state index in [1.807, 2.05) is 30.3 Å². The van der Waals surface area contributed by atoms with Gasteiger partial charge in [-0.15, -0.1) is 0 Å². The molecule has 8 nitrogen and oxygen atoms in total. The molecule has 3 N–H and O–H groups in total. The van der Waals surface area contributed by atoms with E-state index in [0.29, 0.717) is 0 Å². The number of carbonyl (C=O) groups excluding carboxylic acids is 3. The molecule has 1 fully saturated rings. The molecule has 148 valence electrons. The number of nitrogens with one attached hydrogen (secondary N) is 1. The van der Waals surface area contributed by atoms with Crippen molar-refractivity contribution < 1.29 is 29.4 Å². The summed E-state index contributed by atoms with van der Waals surface area (Å²) in [5, 5.41) is 20.5. The molecule has 1 aliphatic rings. The number of carboxylic acid groups (broad SMARTS) is 1. The first-order chi connectivity index (χ1) is 13.8. The summed E-state index contributed by atoms with van der Waals surface area (Å²) in [7, 11) is 0. The standard InChI is InChI=1S/C20H16N2O6S/c23-15-7-6-13(11-14(15)19(26)27)21-17(24)8-9-22-18(25)16(29-20(22)28)10-12-4-2-1-3-5-12/h1-7,10-11,23H,8-9H2,(H,21,24)(H,26,27). The van der Waals surface area contributed by atoms with Crippen molar-refractivity contribution in [1.82, 2.24) is 4.90 Å². The molecule has 0 aromatic heterocycles. The van der Waals surface area contributed by atoms with Crippen molar-refractivity contribution in [3.63, 3.8) is 0 Å². The second kappa shape index (κ2) is 8.61. The maximum Gasteiger partial charge on any atom is 0.339 e. The molecule has 2 aromatic rings. The molecule has 0 unspecified atom stereocenters. The number of amides is 3. The van der Waals surface area contributed by atoms with Gasteiger partial charge in [-0.25, -0.2) is 4.79 Å². The number of phenols is 1. The van der Waals surface area contributed by atoms with Crippen LogP contribution in [0.3, 0.4) is 0 Å². The lowest BCUT2D eigenvalue weighted by Gasteiger charge is -2.12. The zero-order valence-electron chi connectivity index (χ0n) is 15.0. The summed E-state index contributed by atoms with van der Waals surface area (Å²) < 4.78 is 0. The predicted molar refractivity (Wildman–Crippen MR) is 107 cm³/mol. The zero-order valence-corrected chi connectivity index (χ0v) is 15.8. The Morgan fingerprint density at radius 2 is 1.83 bits per heavy atom. The molecular formula is C20H16N2O6S. The summed E-state index contributed by atoms with van der Waals surface area (Å²) in [5.74, 6) is -2.72. The lowest BCUT2D eigenvalue weighted by Crippen LogP contribution is -2.31. The Hall–Kier alpha value is -3.59. The molecule has 0 atom stereocenters. The lowest BCUT2D eigenvalue weighted by atomic mass is 10.1. The summed E-state index contributed by atoms with van der Waals surface area (Å²) in [6, 6.07) is 12.7. The molecular weight excluding hydrogens is 396 g/mol. The van der Waals surface area contributed by atoms with Crippen LogP contribution in [0.5, 0.6) is 5.75 Å². The van der Waals surface area contributed by atoms with Crippen molar-refractivity contribution in [2.75, 3.05) is 11.9 Å². The van der Waals surface area contributed by atoms with Crippen LogP contribution in [0.2, 0.25) is 0 Å². The highest BCUT2D eigenvalue weighted by atomic mass is 32.2. The summed E-state index contributed by atoms with van der Waals surface area (Å²) in [6.45, 7) is -0.105. The molecule has 1 saturated heterocycles. The Labute approximate surface area is 169 Å². The molecule has 9 heteroatoms. The second-order valence-corrected chi connectivity index (χ2v) is 7.07. The topological polar surface area (TPSA) is 124 Å². The van der Waals surface area contributed by atoms with E-state index in [0.717, 1.165) is 34.4 Å². The Morgan fingerprint density at radius 3 is 2.52 bits per heavy atom. The molecule has 2 aromatic carbocycles. The van der Waals surface area contributed by atoms with E-state index in [1.54, 1.807) is 6.08 Å². The Morgan fingerprint density at radius 1 is 1.10 bits per heavy atom. The number of benzene rings is 2. The molecule has 0 aliphatic carbocycles. The van der Waals surface area contributed by atoms with Gasteiger partial charge in [0, 0.05) is 18.7 Å². The van der Waals surface area contributed by atoms with E-state index < -0.39 is 28.8 Å².